The second-order valence-corrected chi connectivity index (χ2v) is 9.93. The predicted molar refractivity (Wildman–Crippen MR) is 136 cm³/mol. The lowest BCUT2D eigenvalue weighted by molar-refractivity contribution is -0.127. The number of aliphatic imine (C=N–C) groups is 1. The molecule has 33 heavy (non-hydrogen) atoms. The standard InChI is InChI=1S/C24H33BrN6O2/c1-27-19-10-16(13-28-14-19)23(32)31-9-5-6-18(15-31)29-22-20(11-17(25)12-21(22)26)24(33)30-7-3-2-4-8-30/h10-13,18-19,27,29H,2-9,14-15,26H2,1H3/t18-,19?/m1/s1. The summed E-state index contributed by atoms with van der Waals surface area (Å²) in [6.07, 6.45) is 8.65. The zero-order valence-electron chi connectivity index (χ0n) is 19.1. The molecule has 178 valence electrons. The van der Waals surface area contributed by atoms with E-state index in [1.807, 2.05) is 35.1 Å². The molecule has 4 N–H and O–H groups in total. The maximum Gasteiger partial charge on any atom is 0.256 e. The molecule has 9 heteroatoms. The first kappa shape index (κ1) is 23.8. The van der Waals surface area contributed by atoms with Gasteiger partial charge < -0.3 is 26.2 Å². The van der Waals surface area contributed by atoms with Crippen molar-refractivity contribution >= 4 is 45.3 Å². The molecule has 2 atom stereocenters. The number of rotatable bonds is 5. The van der Waals surface area contributed by atoms with Gasteiger partial charge in [-0.1, -0.05) is 22.0 Å². The second-order valence-electron chi connectivity index (χ2n) is 9.02. The van der Waals surface area contributed by atoms with Crippen molar-refractivity contribution in [3.63, 3.8) is 0 Å². The topological polar surface area (TPSA) is 103 Å². The Balaban J connectivity index is 1.50. The summed E-state index contributed by atoms with van der Waals surface area (Å²) in [5, 5.41) is 6.68. The number of nitrogens with two attached hydrogens (primary N) is 1. The molecule has 8 nitrogen and oxygen atoms in total. The molecule has 1 aromatic rings. The quantitative estimate of drug-likeness (QED) is 0.522. The van der Waals surface area contributed by atoms with Gasteiger partial charge in [0.05, 0.1) is 29.1 Å². The minimum absolute atomic E-state index is 0.00130. The van der Waals surface area contributed by atoms with Crippen LogP contribution in [-0.4, -0.2) is 79.7 Å². The normalized spacial score (nSPS) is 23.3. The Labute approximate surface area is 203 Å². The van der Waals surface area contributed by atoms with Crippen molar-refractivity contribution in [2.24, 2.45) is 4.99 Å². The summed E-state index contributed by atoms with van der Waals surface area (Å²) in [5.74, 6) is 0.00853. The fraction of sp³-hybridized carbons (Fsp3) is 0.542. The molecule has 1 unspecified atom stereocenters. The highest BCUT2D eigenvalue weighted by Crippen LogP contribution is 2.32. The Morgan fingerprint density at radius 1 is 1.09 bits per heavy atom. The summed E-state index contributed by atoms with van der Waals surface area (Å²) < 4.78 is 0.786. The number of dihydropyridines is 1. The van der Waals surface area contributed by atoms with E-state index in [0.29, 0.717) is 42.1 Å². The second kappa shape index (κ2) is 10.7. The van der Waals surface area contributed by atoms with Gasteiger partial charge in [0.15, 0.2) is 0 Å². The molecule has 2 amide bonds. The van der Waals surface area contributed by atoms with Crippen molar-refractivity contribution < 1.29 is 9.59 Å². The number of benzene rings is 1. The van der Waals surface area contributed by atoms with Gasteiger partial charge >= 0.3 is 0 Å². The molecule has 0 spiro atoms. The zero-order valence-corrected chi connectivity index (χ0v) is 20.7. The third-order valence-corrected chi connectivity index (χ3v) is 7.05. The Hall–Kier alpha value is -2.39. The molecule has 1 aromatic carbocycles. The van der Waals surface area contributed by atoms with Gasteiger partial charge in [-0.25, -0.2) is 0 Å². The van der Waals surface area contributed by atoms with Crippen LogP contribution in [0.2, 0.25) is 0 Å². The van der Waals surface area contributed by atoms with Crippen LogP contribution in [0.4, 0.5) is 11.4 Å². The fourth-order valence-electron chi connectivity index (χ4n) is 4.77. The number of carbonyl (C=O) groups is 2. The van der Waals surface area contributed by atoms with E-state index >= 15 is 0 Å². The van der Waals surface area contributed by atoms with Crippen LogP contribution in [0.1, 0.15) is 42.5 Å². The first-order chi connectivity index (χ1) is 16.0. The fourth-order valence-corrected chi connectivity index (χ4v) is 5.24. The SMILES string of the molecule is CNC1C=C(C(=O)N2CCC[C@@H](Nc3c(N)cc(Br)cc3C(=O)N3CCCCC3)C2)C=NC1. The number of hydrogen-bond acceptors (Lipinski definition) is 6. The molecule has 3 aliphatic rings. The van der Waals surface area contributed by atoms with Gasteiger partial charge in [0.2, 0.25) is 0 Å². The van der Waals surface area contributed by atoms with Gasteiger partial charge in [0.1, 0.15) is 0 Å². The lowest BCUT2D eigenvalue weighted by Gasteiger charge is -2.35. The molecule has 0 aliphatic carbocycles. The molecule has 4 rings (SSSR count). The van der Waals surface area contributed by atoms with Crippen LogP contribution in [0.15, 0.2) is 33.2 Å². The van der Waals surface area contributed by atoms with Crippen molar-refractivity contribution in [2.75, 3.05) is 50.8 Å². The first-order valence-electron chi connectivity index (χ1n) is 11.8. The van der Waals surface area contributed by atoms with Gasteiger partial charge in [-0.3, -0.25) is 14.6 Å². The molecular formula is C24H33BrN6O2. The molecule has 3 aliphatic heterocycles. The number of likely N-dealkylation sites (N-methyl/N-ethyl adjacent to an activating group) is 1. The van der Waals surface area contributed by atoms with E-state index in [-0.39, 0.29) is 23.9 Å². The largest absolute Gasteiger partial charge is 0.397 e. The molecule has 0 radical (unpaired) electrons. The van der Waals surface area contributed by atoms with Gasteiger partial charge in [0, 0.05) is 49.0 Å². The molecule has 0 aromatic heterocycles. The summed E-state index contributed by atoms with van der Waals surface area (Å²) >= 11 is 3.49. The number of amides is 2. The summed E-state index contributed by atoms with van der Waals surface area (Å²) in [5.41, 5.74) is 8.79. The Morgan fingerprint density at radius 2 is 1.85 bits per heavy atom. The third-order valence-electron chi connectivity index (χ3n) is 6.60. The number of nitrogens with zero attached hydrogens (tertiary/aromatic N) is 3. The molecule has 3 heterocycles. The van der Waals surface area contributed by atoms with E-state index in [4.69, 9.17) is 5.73 Å². The number of hydrogen-bond donors (Lipinski definition) is 3. The Kier molecular flexibility index (Phi) is 7.70. The number of halogens is 1. The monoisotopic (exact) mass is 516 g/mol. The molecule has 2 fully saturated rings. The number of piperidine rings is 2. The lowest BCUT2D eigenvalue weighted by atomic mass is 10.0. The lowest BCUT2D eigenvalue weighted by Crippen LogP contribution is -2.46. The average molecular weight is 517 g/mol. The van der Waals surface area contributed by atoms with E-state index < -0.39 is 0 Å². The predicted octanol–water partition coefficient (Wildman–Crippen LogP) is 2.66. The van der Waals surface area contributed by atoms with Crippen LogP contribution >= 0.6 is 15.9 Å². The van der Waals surface area contributed by atoms with E-state index in [9.17, 15) is 9.59 Å². The Morgan fingerprint density at radius 3 is 2.61 bits per heavy atom. The van der Waals surface area contributed by atoms with Crippen molar-refractivity contribution in [2.45, 2.75) is 44.2 Å². The van der Waals surface area contributed by atoms with Crippen molar-refractivity contribution in [3.05, 3.63) is 33.8 Å². The summed E-state index contributed by atoms with van der Waals surface area (Å²) in [4.78, 5) is 34.6. The van der Waals surface area contributed by atoms with Crippen molar-refractivity contribution in [3.8, 4) is 0 Å². The zero-order chi connectivity index (χ0) is 23.4. The number of carbonyl (C=O) groups excluding carboxylic acids is 2. The van der Waals surface area contributed by atoms with Gasteiger partial charge in [-0.2, -0.15) is 0 Å². The number of likely N-dealkylation sites (tertiary alicyclic amines) is 2. The van der Waals surface area contributed by atoms with Crippen LogP contribution in [0.5, 0.6) is 0 Å². The van der Waals surface area contributed by atoms with E-state index in [2.05, 4.69) is 31.6 Å². The number of nitrogens with one attached hydrogen (secondary N) is 2. The third kappa shape index (κ3) is 5.58. The van der Waals surface area contributed by atoms with Gasteiger partial charge in [0.25, 0.3) is 11.8 Å². The maximum atomic E-state index is 13.3. The smallest absolute Gasteiger partial charge is 0.256 e. The van der Waals surface area contributed by atoms with Crippen LogP contribution < -0.4 is 16.4 Å². The highest BCUT2D eigenvalue weighted by molar-refractivity contribution is 9.10. The van der Waals surface area contributed by atoms with Crippen LogP contribution in [0, 0.1) is 0 Å². The maximum absolute atomic E-state index is 13.3. The highest BCUT2D eigenvalue weighted by Gasteiger charge is 2.29. The van der Waals surface area contributed by atoms with Crippen molar-refractivity contribution in [1.29, 1.82) is 0 Å². The summed E-state index contributed by atoms with van der Waals surface area (Å²) in [6.45, 7) is 3.47. The average Bonchev–Trinajstić information content (AvgIpc) is 2.85. The molecule has 0 saturated carbocycles. The van der Waals surface area contributed by atoms with E-state index in [0.717, 1.165) is 49.7 Å². The number of anilines is 2. The minimum Gasteiger partial charge on any atom is -0.397 e. The van der Waals surface area contributed by atoms with Crippen LogP contribution in [-0.2, 0) is 4.79 Å². The molecule has 2 saturated heterocycles. The summed E-state index contributed by atoms with van der Waals surface area (Å²) in [7, 11) is 1.87. The molecule has 0 bridgehead atoms. The van der Waals surface area contributed by atoms with Gasteiger partial charge in [-0.15, -0.1) is 0 Å². The molecular weight excluding hydrogens is 484 g/mol. The first-order valence-corrected chi connectivity index (χ1v) is 12.6. The Bertz CT molecular complexity index is 957. The van der Waals surface area contributed by atoms with Crippen molar-refractivity contribution in [1.82, 2.24) is 15.1 Å². The van der Waals surface area contributed by atoms with Crippen LogP contribution in [0.25, 0.3) is 0 Å². The van der Waals surface area contributed by atoms with Crippen LogP contribution in [0.3, 0.4) is 0 Å². The summed E-state index contributed by atoms with van der Waals surface area (Å²) in [6, 6.07) is 3.77. The van der Waals surface area contributed by atoms with Gasteiger partial charge in [-0.05, 0) is 51.3 Å². The van der Waals surface area contributed by atoms with E-state index in [1.54, 1.807) is 6.21 Å². The highest BCUT2D eigenvalue weighted by atomic mass is 79.9. The minimum atomic E-state index is -0.00130. The van der Waals surface area contributed by atoms with E-state index in [1.165, 1.54) is 0 Å². The number of nitrogen functional groups attached to an aromatic ring is 1.